The second-order valence-corrected chi connectivity index (χ2v) is 10.9. The highest BCUT2D eigenvalue weighted by molar-refractivity contribution is 14.1. The maximum atomic E-state index is 13.4. The van der Waals surface area contributed by atoms with Gasteiger partial charge in [0.05, 0.1) is 20.3 Å². The minimum Gasteiger partial charge on any atom is -0.459 e. The second-order valence-electron chi connectivity index (χ2n) is 9.77. The van der Waals surface area contributed by atoms with Crippen LogP contribution in [0, 0.1) is 3.57 Å². The molecule has 0 radical (unpaired) electrons. The molecule has 1 saturated heterocycles. The number of ether oxygens (including phenoxy) is 4. The molecule has 1 aliphatic rings. The summed E-state index contributed by atoms with van der Waals surface area (Å²) in [6.45, 7) is 1.02. The van der Waals surface area contributed by atoms with Crippen LogP contribution in [0.5, 0.6) is 0 Å². The minimum atomic E-state index is -1.85. The van der Waals surface area contributed by atoms with Crippen LogP contribution >= 0.6 is 22.6 Å². The molecule has 1 N–H and O–H groups in total. The first kappa shape index (κ1) is 29.9. The highest BCUT2D eigenvalue weighted by Crippen LogP contribution is 2.43. The molecule has 0 saturated carbocycles. The van der Waals surface area contributed by atoms with Crippen molar-refractivity contribution in [1.29, 1.82) is 0 Å². The molecule has 3 aromatic carbocycles. The summed E-state index contributed by atoms with van der Waals surface area (Å²) in [6.07, 6.45) is -2.74. The summed E-state index contributed by atoms with van der Waals surface area (Å²) < 4.78 is 24.9. The number of aromatic amines is 1. The summed E-state index contributed by atoms with van der Waals surface area (Å²) in [4.78, 5) is 66.9. The highest BCUT2D eigenvalue weighted by Gasteiger charge is 2.60. The van der Waals surface area contributed by atoms with Gasteiger partial charge >= 0.3 is 23.6 Å². The van der Waals surface area contributed by atoms with Gasteiger partial charge in [0.2, 0.25) is 0 Å². The average Bonchev–Trinajstić information content (AvgIpc) is 3.28. The van der Waals surface area contributed by atoms with E-state index in [-0.39, 0.29) is 20.3 Å². The fourth-order valence-electron chi connectivity index (χ4n) is 4.69. The van der Waals surface area contributed by atoms with Crippen molar-refractivity contribution in [3.63, 3.8) is 0 Å². The number of hydrogen-bond acceptors (Lipinski definition) is 9. The maximum absolute atomic E-state index is 13.4. The summed E-state index contributed by atoms with van der Waals surface area (Å²) in [5.41, 5.74) is -2.65. The molecule has 0 unspecified atom stereocenters. The standard InChI is InChI=1S/C31H25IN2O9/c1-31(43-28(38)21-15-9-4-10-16-21)24(42-27(37)20-13-7-3-8-14-20)23(18-40-26(36)19-11-5-2-6-12-19)41-29(31)34-17-22(32)25(35)33-30(34)39/h2-17,23-24,29H,18H2,1H3,(H,33,35,39)/t23-,24-,29-,31-/m1/s1. The first-order chi connectivity index (χ1) is 20.7. The third kappa shape index (κ3) is 6.44. The predicted molar refractivity (Wildman–Crippen MR) is 161 cm³/mol. The Labute approximate surface area is 258 Å². The van der Waals surface area contributed by atoms with Crippen LogP contribution < -0.4 is 11.2 Å². The zero-order valence-electron chi connectivity index (χ0n) is 22.7. The Hall–Kier alpha value is -4.56. The van der Waals surface area contributed by atoms with Crippen molar-refractivity contribution in [2.24, 2.45) is 0 Å². The van der Waals surface area contributed by atoms with Crippen molar-refractivity contribution in [3.8, 4) is 0 Å². The van der Waals surface area contributed by atoms with Gasteiger partial charge in [0.15, 0.2) is 17.9 Å². The molecular formula is C31H25IN2O9. The van der Waals surface area contributed by atoms with E-state index in [1.165, 1.54) is 25.3 Å². The zero-order valence-corrected chi connectivity index (χ0v) is 24.8. The van der Waals surface area contributed by atoms with E-state index in [0.29, 0.717) is 0 Å². The lowest BCUT2D eigenvalue weighted by Crippen LogP contribution is -2.52. The molecule has 12 heteroatoms. The van der Waals surface area contributed by atoms with Gasteiger partial charge in [0.25, 0.3) is 5.56 Å². The van der Waals surface area contributed by atoms with Crippen LogP contribution in [0.25, 0.3) is 0 Å². The molecule has 4 aromatic rings. The zero-order chi connectivity index (χ0) is 30.6. The van der Waals surface area contributed by atoms with Gasteiger partial charge in [-0.25, -0.2) is 19.2 Å². The molecule has 1 fully saturated rings. The lowest BCUT2D eigenvalue weighted by molar-refractivity contribution is -0.111. The molecule has 0 bridgehead atoms. The third-order valence-corrected chi connectivity index (χ3v) is 7.60. The number of H-pyrrole nitrogens is 1. The Bertz CT molecular complexity index is 1740. The molecule has 1 aromatic heterocycles. The van der Waals surface area contributed by atoms with Gasteiger partial charge in [0, 0.05) is 6.20 Å². The van der Waals surface area contributed by atoms with Crippen molar-refractivity contribution in [2.75, 3.05) is 6.61 Å². The molecule has 11 nitrogen and oxygen atoms in total. The number of halogens is 1. The Morgan fingerprint density at radius 3 is 1.91 bits per heavy atom. The number of benzene rings is 3. The third-order valence-electron chi connectivity index (χ3n) is 6.83. The number of carbonyl (C=O) groups is 3. The lowest BCUT2D eigenvalue weighted by Gasteiger charge is -2.34. The summed E-state index contributed by atoms with van der Waals surface area (Å²) >= 11 is 1.75. The van der Waals surface area contributed by atoms with Crippen molar-refractivity contribution in [2.45, 2.75) is 31.0 Å². The van der Waals surface area contributed by atoms with E-state index in [0.717, 1.165) is 4.57 Å². The Kier molecular flexibility index (Phi) is 8.87. The van der Waals surface area contributed by atoms with Gasteiger partial charge in [-0.15, -0.1) is 0 Å². The molecule has 5 rings (SSSR count). The van der Waals surface area contributed by atoms with Crippen LogP contribution in [0.4, 0.5) is 0 Å². The van der Waals surface area contributed by atoms with Gasteiger partial charge < -0.3 is 18.9 Å². The smallest absolute Gasteiger partial charge is 0.338 e. The van der Waals surface area contributed by atoms with Gasteiger partial charge in [0.1, 0.15) is 12.7 Å². The van der Waals surface area contributed by atoms with E-state index < -0.39 is 59.8 Å². The van der Waals surface area contributed by atoms with Crippen LogP contribution in [0.3, 0.4) is 0 Å². The van der Waals surface area contributed by atoms with Crippen LogP contribution in [-0.2, 0) is 18.9 Å². The SMILES string of the molecule is C[C@@]1(OC(=O)c2ccccc2)[C@H](OC(=O)c2ccccc2)[C@@H](COC(=O)c2ccccc2)O[C@H]1n1cc(I)c(=O)[nH]c1=O. The fraction of sp³-hybridized carbons (Fsp3) is 0.194. The number of nitrogens with zero attached hydrogens (tertiary/aromatic N) is 1. The first-order valence-electron chi connectivity index (χ1n) is 13.1. The monoisotopic (exact) mass is 696 g/mol. The van der Waals surface area contributed by atoms with Crippen molar-refractivity contribution < 1.29 is 33.3 Å². The molecule has 2 heterocycles. The summed E-state index contributed by atoms with van der Waals surface area (Å²) in [7, 11) is 0. The van der Waals surface area contributed by atoms with Crippen LogP contribution in [0.2, 0.25) is 0 Å². The molecule has 43 heavy (non-hydrogen) atoms. The first-order valence-corrected chi connectivity index (χ1v) is 14.2. The number of rotatable bonds is 8. The summed E-state index contributed by atoms with van der Waals surface area (Å²) in [5, 5.41) is 0. The number of hydrogen-bond donors (Lipinski definition) is 1. The van der Waals surface area contributed by atoms with E-state index in [9.17, 15) is 24.0 Å². The van der Waals surface area contributed by atoms with Crippen molar-refractivity contribution in [1.82, 2.24) is 9.55 Å². The topological polar surface area (TPSA) is 143 Å². The number of nitrogens with one attached hydrogen (secondary N) is 1. The summed E-state index contributed by atoms with van der Waals surface area (Å²) in [5.74, 6) is -2.22. The van der Waals surface area contributed by atoms with Crippen molar-refractivity contribution in [3.05, 3.63) is 138 Å². The minimum absolute atomic E-state index is 0.148. The van der Waals surface area contributed by atoms with Crippen LogP contribution in [0.15, 0.2) is 107 Å². The van der Waals surface area contributed by atoms with Crippen molar-refractivity contribution >= 4 is 40.5 Å². The second kappa shape index (κ2) is 12.8. The number of carbonyl (C=O) groups excluding carboxylic acids is 3. The van der Waals surface area contributed by atoms with Crippen LogP contribution in [-0.4, -0.2) is 51.9 Å². The largest absolute Gasteiger partial charge is 0.459 e. The summed E-state index contributed by atoms with van der Waals surface area (Å²) in [6, 6.07) is 24.5. The Balaban J connectivity index is 1.57. The van der Waals surface area contributed by atoms with E-state index in [1.54, 1.807) is 101 Å². The normalized spacial score (nSPS) is 21.1. The molecule has 4 atom stereocenters. The molecule has 0 spiro atoms. The van der Waals surface area contributed by atoms with E-state index >= 15 is 0 Å². The molecule has 220 valence electrons. The molecule has 0 aliphatic carbocycles. The fourth-order valence-corrected chi connectivity index (χ4v) is 5.13. The van der Waals surface area contributed by atoms with Gasteiger partial charge in [-0.2, -0.15) is 0 Å². The van der Waals surface area contributed by atoms with E-state index in [4.69, 9.17) is 18.9 Å². The van der Waals surface area contributed by atoms with Gasteiger partial charge in [-0.3, -0.25) is 14.3 Å². The van der Waals surface area contributed by atoms with Gasteiger partial charge in [-0.05, 0) is 65.9 Å². The lowest BCUT2D eigenvalue weighted by atomic mass is 9.95. The highest BCUT2D eigenvalue weighted by atomic mass is 127. The Morgan fingerprint density at radius 2 is 1.35 bits per heavy atom. The predicted octanol–water partition coefficient (Wildman–Crippen LogP) is 3.74. The maximum Gasteiger partial charge on any atom is 0.338 e. The van der Waals surface area contributed by atoms with E-state index in [1.807, 2.05) is 0 Å². The quantitative estimate of drug-likeness (QED) is 0.166. The number of esters is 3. The molecule has 1 aliphatic heterocycles. The Morgan fingerprint density at radius 1 is 0.837 bits per heavy atom. The van der Waals surface area contributed by atoms with Gasteiger partial charge in [-0.1, -0.05) is 54.6 Å². The van der Waals surface area contributed by atoms with E-state index in [2.05, 4.69) is 4.98 Å². The number of aromatic nitrogens is 2. The average molecular weight is 696 g/mol. The molecular weight excluding hydrogens is 671 g/mol. The molecule has 0 amide bonds. The van der Waals surface area contributed by atoms with Crippen LogP contribution in [0.1, 0.15) is 44.2 Å².